The number of benzene rings is 1. The van der Waals surface area contributed by atoms with Crippen LogP contribution in [-0.4, -0.2) is 21.3 Å². The molecule has 0 amide bonds. The zero-order valence-electron chi connectivity index (χ0n) is 9.78. The number of methoxy groups -OCH3 is 3. The van der Waals surface area contributed by atoms with Gasteiger partial charge in [-0.05, 0) is 17.7 Å². The molecule has 0 fully saturated rings. The molecule has 0 radical (unpaired) electrons. The van der Waals surface area contributed by atoms with Crippen LogP contribution in [0, 0.1) is 0 Å². The average Bonchev–Trinajstić information content (AvgIpc) is 2.31. The average molecular weight is 227 g/mol. The normalized spacial score (nSPS) is 10.2. The van der Waals surface area contributed by atoms with Crippen LogP contribution in [0.5, 0.6) is 11.5 Å². The third-order valence-electron chi connectivity index (χ3n) is 2.21. The van der Waals surface area contributed by atoms with E-state index in [1.54, 1.807) is 21.3 Å². The number of ether oxygens (including phenoxy) is 3. The summed E-state index contributed by atoms with van der Waals surface area (Å²) in [6.07, 6.45) is 0. The summed E-state index contributed by atoms with van der Waals surface area (Å²) < 4.78 is 15.6. The fraction of sp³-hybridized carbons (Fsp3) is 0.455. The highest BCUT2D eigenvalue weighted by atomic mass is 16.6. The fourth-order valence-corrected chi connectivity index (χ4v) is 1.51. The van der Waals surface area contributed by atoms with Crippen LogP contribution >= 0.6 is 0 Å². The molecule has 0 aliphatic heterocycles. The third kappa shape index (κ3) is 2.85. The standard InChI is InChI=1S/C11H17NO4/c1-13-6-8-4-10(14-2)9(7-16-12)11(5-8)15-3/h4-5H,6-7,12H2,1-3H3. The molecule has 90 valence electrons. The minimum Gasteiger partial charge on any atom is -0.496 e. The Morgan fingerprint density at radius 2 is 1.56 bits per heavy atom. The van der Waals surface area contributed by atoms with E-state index in [4.69, 9.17) is 20.1 Å². The molecule has 1 aromatic rings. The number of rotatable bonds is 6. The second-order valence-corrected chi connectivity index (χ2v) is 3.22. The van der Waals surface area contributed by atoms with E-state index in [9.17, 15) is 0 Å². The Morgan fingerprint density at radius 3 is 1.94 bits per heavy atom. The van der Waals surface area contributed by atoms with E-state index in [-0.39, 0.29) is 6.61 Å². The van der Waals surface area contributed by atoms with Crippen molar-refractivity contribution >= 4 is 0 Å². The Hall–Kier alpha value is -1.30. The van der Waals surface area contributed by atoms with Gasteiger partial charge >= 0.3 is 0 Å². The molecule has 0 bridgehead atoms. The first-order valence-corrected chi connectivity index (χ1v) is 4.81. The Bertz CT molecular complexity index is 316. The molecule has 2 N–H and O–H groups in total. The molecule has 0 aliphatic carbocycles. The summed E-state index contributed by atoms with van der Waals surface area (Å²) >= 11 is 0. The minimum atomic E-state index is 0.236. The summed E-state index contributed by atoms with van der Waals surface area (Å²) in [6, 6.07) is 3.75. The largest absolute Gasteiger partial charge is 0.496 e. The van der Waals surface area contributed by atoms with Crippen molar-refractivity contribution in [2.75, 3.05) is 21.3 Å². The van der Waals surface area contributed by atoms with Gasteiger partial charge in [0.15, 0.2) is 0 Å². The van der Waals surface area contributed by atoms with Crippen LogP contribution in [0.1, 0.15) is 11.1 Å². The zero-order valence-corrected chi connectivity index (χ0v) is 9.78. The van der Waals surface area contributed by atoms with Gasteiger partial charge in [-0.3, -0.25) is 4.84 Å². The quantitative estimate of drug-likeness (QED) is 0.741. The van der Waals surface area contributed by atoms with E-state index in [1.165, 1.54) is 0 Å². The SMILES string of the molecule is COCc1cc(OC)c(CON)c(OC)c1. The van der Waals surface area contributed by atoms with Crippen molar-refractivity contribution in [3.63, 3.8) is 0 Å². The Kier molecular flexibility index (Phi) is 5.04. The van der Waals surface area contributed by atoms with Gasteiger partial charge in [-0.2, -0.15) is 0 Å². The van der Waals surface area contributed by atoms with E-state index in [0.29, 0.717) is 18.1 Å². The fourth-order valence-electron chi connectivity index (χ4n) is 1.51. The molecule has 1 rings (SSSR count). The molecule has 0 saturated heterocycles. The van der Waals surface area contributed by atoms with Crippen molar-refractivity contribution in [2.45, 2.75) is 13.2 Å². The lowest BCUT2D eigenvalue weighted by atomic mass is 10.1. The first-order chi connectivity index (χ1) is 7.76. The van der Waals surface area contributed by atoms with Crippen LogP contribution < -0.4 is 15.4 Å². The van der Waals surface area contributed by atoms with Crippen molar-refractivity contribution < 1.29 is 19.0 Å². The van der Waals surface area contributed by atoms with Gasteiger partial charge in [-0.15, -0.1) is 0 Å². The van der Waals surface area contributed by atoms with Crippen LogP contribution in [-0.2, 0) is 22.8 Å². The van der Waals surface area contributed by atoms with Gasteiger partial charge in [0.25, 0.3) is 0 Å². The first-order valence-electron chi connectivity index (χ1n) is 4.81. The van der Waals surface area contributed by atoms with Crippen LogP contribution in [0.3, 0.4) is 0 Å². The maximum atomic E-state index is 5.26. The molecule has 0 unspecified atom stereocenters. The molecule has 0 spiro atoms. The molecule has 0 saturated carbocycles. The molecule has 0 aromatic heterocycles. The predicted octanol–water partition coefficient (Wildman–Crippen LogP) is 1.24. The Morgan fingerprint density at radius 1 is 1.00 bits per heavy atom. The molecule has 0 atom stereocenters. The van der Waals surface area contributed by atoms with Crippen molar-refractivity contribution in [1.29, 1.82) is 0 Å². The Balaban J connectivity index is 3.14. The van der Waals surface area contributed by atoms with E-state index in [2.05, 4.69) is 4.84 Å². The second-order valence-electron chi connectivity index (χ2n) is 3.22. The molecule has 5 heteroatoms. The highest BCUT2D eigenvalue weighted by Crippen LogP contribution is 2.31. The van der Waals surface area contributed by atoms with Crippen molar-refractivity contribution in [2.24, 2.45) is 5.90 Å². The topological polar surface area (TPSA) is 62.9 Å². The minimum absolute atomic E-state index is 0.236. The van der Waals surface area contributed by atoms with E-state index < -0.39 is 0 Å². The second kappa shape index (κ2) is 6.32. The van der Waals surface area contributed by atoms with Gasteiger partial charge in [0.05, 0.1) is 26.4 Å². The monoisotopic (exact) mass is 227 g/mol. The van der Waals surface area contributed by atoms with E-state index in [1.807, 2.05) is 12.1 Å². The maximum Gasteiger partial charge on any atom is 0.128 e. The van der Waals surface area contributed by atoms with E-state index >= 15 is 0 Å². The van der Waals surface area contributed by atoms with Crippen molar-refractivity contribution in [1.82, 2.24) is 0 Å². The van der Waals surface area contributed by atoms with Crippen LogP contribution in [0.4, 0.5) is 0 Å². The summed E-state index contributed by atoms with van der Waals surface area (Å²) in [6.45, 7) is 0.732. The number of hydrogen-bond donors (Lipinski definition) is 1. The lowest BCUT2D eigenvalue weighted by molar-refractivity contribution is 0.119. The van der Waals surface area contributed by atoms with Gasteiger partial charge in [0, 0.05) is 7.11 Å². The van der Waals surface area contributed by atoms with Crippen LogP contribution in [0.25, 0.3) is 0 Å². The molecular formula is C11H17NO4. The van der Waals surface area contributed by atoms with E-state index in [0.717, 1.165) is 11.1 Å². The molecular weight excluding hydrogens is 210 g/mol. The number of hydrogen-bond acceptors (Lipinski definition) is 5. The molecule has 0 heterocycles. The van der Waals surface area contributed by atoms with Crippen LogP contribution in [0.15, 0.2) is 12.1 Å². The first kappa shape index (κ1) is 12.8. The van der Waals surface area contributed by atoms with Crippen molar-refractivity contribution in [3.05, 3.63) is 23.3 Å². The summed E-state index contributed by atoms with van der Waals surface area (Å²) in [7, 11) is 4.81. The summed E-state index contributed by atoms with van der Waals surface area (Å²) in [4.78, 5) is 4.62. The van der Waals surface area contributed by atoms with Gasteiger partial charge in [0.1, 0.15) is 18.1 Å². The summed E-state index contributed by atoms with van der Waals surface area (Å²) in [5.74, 6) is 6.42. The summed E-state index contributed by atoms with van der Waals surface area (Å²) in [5, 5.41) is 0. The Labute approximate surface area is 95.0 Å². The van der Waals surface area contributed by atoms with Gasteiger partial charge in [0.2, 0.25) is 0 Å². The van der Waals surface area contributed by atoms with Gasteiger partial charge in [-0.1, -0.05) is 0 Å². The maximum absolute atomic E-state index is 5.26. The van der Waals surface area contributed by atoms with Gasteiger partial charge < -0.3 is 14.2 Å². The van der Waals surface area contributed by atoms with Crippen molar-refractivity contribution in [3.8, 4) is 11.5 Å². The molecule has 0 aliphatic rings. The molecule has 16 heavy (non-hydrogen) atoms. The lowest BCUT2D eigenvalue weighted by Crippen LogP contribution is -2.04. The molecule has 1 aromatic carbocycles. The smallest absolute Gasteiger partial charge is 0.128 e. The lowest BCUT2D eigenvalue weighted by Gasteiger charge is -2.14. The zero-order chi connectivity index (χ0) is 12.0. The highest BCUT2D eigenvalue weighted by Gasteiger charge is 2.12. The summed E-state index contributed by atoms with van der Waals surface area (Å²) in [5.41, 5.74) is 1.75. The highest BCUT2D eigenvalue weighted by molar-refractivity contribution is 5.47. The predicted molar refractivity (Wildman–Crippen MR) is 59.2 cm³/mol. The molecule has 5 nitrogen and oxygen atoms in total. The van der Waals surface area contributed by atoms with Gasteiger partial charge in [-0.25, -0.2) is 5.90 Å². The third-order valence-corrected chi connectivity index (χ3v) is 2.21. The number of nitrogens with two attached hydrogens (primary N) is 1. The van der Waals surface area contributed by atoms with Crippen LogP contribution in [0.2, 0.25) is 0 Å².